The summed E-state index contributed by atoms with van der Waals surface area (Å²) in [5.74, 6) is -0.855. The van der Waals surface area contributed by atoms with E-state index >= 15 is 0 Å². The van der Waals surface area contributed by atoms with E-state index in [1.807, 2.05) is 0 Å². The maximum Gasteiger partial charge on any atom is 0.488 e. The highest BCUT2D eigenvalue weighted by Gasteiger charge is 2.21. The van der Waals surface area contributed by atoms with Crippen LogP contribution in [0.1, 0.15) is 20.7 Å². The zero-order chi connectivity index (χ0) is 25.7. The molecule has 0 saturated carbocycles. The van der Waals surface area contributed by atoms with E-state index in [1.165, 1.54) is 36.4 Å². The van der Waals surface area contributed by atoms with Crippen LogP contribution >= 0.6 is 0 Å². The molecular formula is C22H19BN6O7. The van der Waals surface area contributed by atoms with Gasteiger partial charge in [-0.15, -0.1) is 0 Å². The predicted octanol–water partition coefficient (Wildman–Crippen LogP) is 0.714. The minimum absolute atomic E-state index is 0.0262. The van der Waals surface area contributed by atoms with Gasteiger partial charge in [0.25, 0.3) is 11.8 Å². The summed E-state index contributed by atoms with van der Waals surface area (Å²) >= 11 is 0. The van der Waals surface area contributed by atoms with Crippen LogP contribution in [0.5, 0.6) is 0 Å². The number of rotatable bonds is 9. The summed E-state index contributed by atoms with van der Waals surface area (Å²) in [4.78, 5) is 35.7. The minimum atomic E-state index is -1.69. The third-order valence-corrected chi connectivity index (χ3v) is 5.17. The second-order valence-electron chi connectivity index (χ2n) is 7.53. The SMILES string of the molecule is O=C(NCCNC(=O)c1ccccc1Nc1ccc([N+](=O)[O-])c2nonc12)c1cccc(B(O)O)c1. The van der Waals surface area contributed by atoms with E-state index in [4.69, 9.17) is 0 Å². The van der Waals surface area contributed by atoms with Crippen molar-refractivity contribution in [2.75, 3.05) is 18.4 Å². The Balaban J connectivity index is 1.39. The zero-order valence-corrected chi connectivity index (χ0v) is 18.5. The number of fused-ring (bicyclic) bond motifs is 1. The van der Waals surface area contributed by atoms with E-state index in [9.17, 15) is 29.8 Å². The van der Waals surface area contributed by atoms with Gasteiger partial charge >= 0.3 is 12.8 Å². The van der Waals surface area contributed by atoms with Crippen molar-refractivity contribution in [1.29, 1.82) is 0 Å². The molecule has 3 aromatic carbocycles. The number of para-hydroxylation sites is 1. The van der Waals surface area contributed by atoms with Crippen LogP contribution in [0, 0.1) is 10.1 Å². The number of nitrogens with zero attached hydrogens (tertiary/aromatic N) is 3. The summed E-state index contributed by atoms with van der Waals surface area (Å²) < 4.78 is 4.66. The molecule has 0 radical (unpaired) electrons. The molecule has 0 aliphatic heterocycles. The maximum absolute atomic E-state index is 12.8. The molecule has 1 heterocycles. The summed E-state index contributed by atoms with van der Waals surface area (Å²) in [5.41, 5.74) is 1.35. The van der Waals surface area contributed by atoms with Gasteiger partial charge in [-0.2, -0.15) is 0 Å². The number of aromatic nitrogens is 2. The van der Waals surface area contributed by atoms with E-state index < -0.39 is 23.9 Å². The fourth-order valence-electron chi connectivity index (χ4n) is 3.43. The molecule has 36 heavy (non-hydrogen) atoms. The molecule has 2 amide bonds. The first-order valence-electron chi connectivity index (χ1n) is 10.6. The predicted molar refractivity (Wildman–Crippen MR) is 129 cm³/mol. The number of hydrogen-bond acceptors (Lipinski definition) is 10. The molecule has 13 nitrogen and oxygen atoms in total. The second kappa shape index (κ2) is 10.6. The fourth-order valence-corrected chi connectivity index (χ4v) is 3.43. The first-order chi connectivity index (χ1) is 17.3. The Bertz CT molecular complexity index is 1440. The smallest absolute Gasteiger partial charge is 0.423 e. The lowest BCUT2D eigenvalue weighted by Crippen LogP contribution is -2.36. The lowest BCUT2D eigenvalue weighted by Gasteiger charge is -2.13. The average Bonchev–Trinajstić information content (AvgIpc) is 3.37. The molecule has 0 atom stereocenters. The Morgan fingerprint density at radius 2 is 1.64 bits per heavy atom. The van der Waals surface area contributed by atoms with Crippen molar-refractivity contribution in [2.45, 2.75) is 0 Å². The first kappa shape index (κ1) is 24.3. The third kappa shape index (κ3) is 5.29. The van der Waals surface area contributed by atoms with Crippen molar-refractivity contribution in [2.24, 2.45) is 0 Å². The molecule has 0 aliphatic rings. The number of carbonyl (C=O) groups excluding carboxylic acids is 2. The molecular weight excluding hydrogens is 471 g/mol. The summed E-state index contributed by atoms with van der Waals surface area (Å²) in [5, 5.41) is 45.4. The van der Waals surface area contributed by atoms with Crippen LogP contribution in [0.15, 0.2) is 65.3 Å². The fraction of sp³-hybridized carbons (Fsp3) is 0.0909. The van der Waals surface area contributed by atoms with E-state index in [0.29, 0.717) is 11.4 Å². The molecule has 0 spiro atoms. The number of benzene rings is 3. The second-order valence-corrected chi connectivity index (χ2v) is 7.53. The normalized spacial score (nSPS) is 10.6. The molecule has 182 valence electrons. The third-order valence-electron chi connectivity index (χ3n) is 5.17. The maximum atomic E-state index is 12.8. The lowest BCUT2D eigenvalue weighted by atomic mass is 9.79. The molecule has 0 aliphatic carbocycles. The van der Waals surface area contributed by atoms with Crippen LogP contribution in [0.2, 0.25) is 0 Å². The van der Waals surface area contributed by atoms with Crippen LogP contribution in [-0.4, -0.2) is 57.3 Å². The van der Waals surface area contributed by atoms with Crippen LogP contribution in [0.3, 0.4) is 0 Å². The van der Waals surface area contributed by atoms with Crippen LogP contribution in [0.4, 0.5) is 17.1 Å². The number of hydrogen-bond donors (Lipinski definition) is 5. The average molecular weight is 490 g/mol. The molecule has 5 N–H and O–H groups in total. The largest absolute Gasteiger partial charge is 0.488 e. The Labute approximate surface area is 203 Å². The molecule has 0 unspecified atom stereocenters. The quantitative estimate of drug-likeness (QED) is 0.0966. The Morgan fingerprint density at radius 3 is 2.39 bits per heavy atom. The topological polar surface area (TPSA) is 193 Å². The van der Waals surface area contributed by atoms with Gasteiger partial charge in [-0.1, -0.05) is 24.3 Å². The van der Waals surface area contributed by atoms with Crippen LogP contribution in [-0.2, 0) is 0 Å². The number of carbonyl (C=O) groups is 2. The summed E-state index contributed by atoms with van der Waals surface area (Å²) in [6.45, 7) is 0.246. The van der Waals surface area contributed by atoms with Crippen molar-refractivity contribution in [3.8, 4) is 0 Å². The van der Waals surface area contributed by atoms with Gasteiger partial charge in [-0.3, -0.25) is 19.7 Å². The Morgan fingerprint density at radius 1 is 0.917 bits per heavy atom. The lowest BCUT2D eigenvalue weighted by molar-refractivity contribution is -0.383. The van der Waals surface area contributed by atoms with E-state index in [2.05, 4.69) is 30.9 Å². The van der Waals surface area contributed by atoms with Crippen molar-refractivity contribution in [3.05, 3.63) is 81.9 Å². The minimum Gasteiger partial charge on any atom is -0.423 e. The van der Waals surface area contributed by atoms with Gasteiger partial charge in [0.05, 0.1) is 21.9 Å². The van der Waals surface area contributed by atoms with Crippen LogP contribution < -0.4 is 21.4 Å². The summed E-state index contributed by atoms with van der Waals surface area (Å²) in [6, 6.07) is 15.2. The monoisotopic (exact) mass is 490 g/mol. The van der Waals surface area contributed by atoms with E-state index in [0.717, 1.165) is 0 Å². The van der Waals surface area contributed by atoms with Gasteiger partial charge in [0.2, 0.25) is 5.52 Å². The number of nitro groups is 1. The number of anilines is 2. The summed E-state index contributed by atoms with van der Waals surface area (Å²) in [7, 11) is -1.69. The number of amides is 2. The Hall–Kier alpha value is -4.82. The number of non-ortho nitro benzene ring substituents is 1. The van der Waals surface area contributed by atoms with Crippen molar-refractivity contribution < 1.29 is 29.2 Å². The molecule has 0 fully saturated rings. The zero-order valence-electron chi connectivity index (χ0n) is 18.5. The molecule has 0 saturated heterocycles. The number of nitro benzene ring substituents is 1. The van der Waals surface area contributed by atoms with Gasteiger partial charge in [0, 0.05) is 24.7 Å². The van der Waals surface area contributed by atoms with Crippen LogP contribution in [0.25, 0.3) is 11.0 Å². The highest BCUT2D eigenvalue weighted by molar-refractivity contribution is 6.58. The van der Waals surface area contributed by atoms with Gasteiger partial charge in [0.1, 0.15) is 0 Å². The molecule has 4 rings (SSSR count). The molecule has 4 aromatic rings. The summed E-state index contributed by atoms with van der Waals surface area (Å²) in [6.07, 6.45) is 0. The molecule has 1 aromatic heterocycles. The molecule has 14 heteroatoms. The molecule has 0 bridgehead atoms. The van der Waals surface area contributed by atoms with Gasteiger partial charge < -0.3 is 26.0 Å². The first-order valence-corrected chi connectivity index (χ1v) is 10.6. The van der Waals surface area contributed by atoms with Gasteiger partial charge in [-0.25, -0.2) is 4.63 Å². The number of nitrogens with one attached hydrogen (secondary N) is 3. The van der Waals surface area contributed by atoms with Gasteiger partial charge in [-0.05, 0) is 46.1 Å². The van der Waals surface area contributed by atoms with Crippen molar-refractivity contribution >= 4 is 52.5 Å². The van der Waals surface area contributed by atoms with Crippen molar-refractivity contribution in [1.82, 2.24) is 20.9 Å². The van der Waals surface area contributed by atoms with E-state index in [-0.39, 0.29) is 46.4 Å². The highest BCUT2D eigenvalue weighted by Crippen LogP contribution is 2.31. The van der Waals surface area contributed by atoms with E-state index in [1.54, 1.807) is 24.3 Å². The standard InChI is InChI=1S/C22H19BN6O7/c30-21(13-4-3-5-14(12-13)23(32)33)24-10-11-25-22(31)15-6-1-2-7-16(15)26-17-8-9-18(29(34)35)20-19(17)27-36-28-20/h1-9,12,26,32-33H,10-11H2,(H,24,30)(H,25,31). The van der Waals surface area contributed by atoms with Crippen molar-refractivity contribution in [3.63, 3.8) is 0 Å². The Kier molecular flexibility index (Phi) is 7.18. The van der Waals surface area contributed by atoms with Gasteiger partial charge in [0.15, 0.2) is 5.52 Å². The highest BCUT2D eigenvalue weighted by atomic mass is 16.6.